The number of aromatic nitrogens is 2. The van der Waals surface area contributed by atoms with E-state index in [-0.39, 0.29) is 0 Å². The molecule has 1 heterocycles. The molecule has 0 radical (unpaired) electrons. The summed E-state index contributed by atoms with van der Waals surface area (Å²) in [5, 5.41) is 0. The van der Waals surface area contributed by atoms with Crippen LogP contribution in [0.3, 0.4) is 0 Å². The summed E-state index contributed by atoms with van der Waals surface area (Å²) in [4.78, 5) is 4.33. The second-order valence-electron chi connectivity index (χ2n) is 3.99. The molecule has 0 aliphatic heterocycles. The highest BCUT2D eigenvalue weighted by molar-refractivity contribution is 4.96. The Balaban J connectivity index is 1.95. The number of nitrogens with two attached hydrogens (primary N) is 1. The van der Waals surface area contributed by atoms with E-state index in [0.717, 1.165) is 24.8 Å². The summed E-state index contributed by atoms with van der Waals surface area (Å²) in [5.41, 5.74) is 5.66. The van der Waals surface area contributed by atoms with Crippen molar-refractivity contribution in [1.82, 2.24) is 9.55 Å². The largest absolute Gasteiger partial charge is 0.338 e. The average Bonchev–Trinajstić information content (AvgIpc) is 2.46. The quantitative estimate of drug-likeness (QED) is 0.750. The van der Waals surface area contributed by atoms with Crippen LogP contribution in [0.4, 0.5) is 0 Å². The molecule has 1 aliphatic carbocycles. The van der Waals surface area contributed by atoms with Gasteiger partial charge in [-0.15, -0.1) is 0 Å². The van der Waals surface area contributed by atoms with Crippen molar-refractivity contribution in [3.63, 3.8) is 0 Å². The van der Waals surface area contributed by atoms with Gasteiger partial charge in [-0.3, -0.25) is 0 Å². The molecule has 2 rings (SSSR count). The van der Waals surface area contributed by atoms with Crippen LogP contribution < -0.4 is 5.73 Å². The van der Waals surface area contributed by atoms with E-state index in [4.69, 9.17) is 5.73 Å². The van der Waals surface area contributed by atoms with Gasteiger partial charge in [0.05, 0.1) is 0 Å². The van der Waals surface area contributed by atoms with Gasteiger partial charge in [0, 0.05) is 25.9 Å². The maximum Gasteiger partial charge on any atom is 0.108 e. The molecule has 0 bridgehead atoms. The maximum absolute atomic E-state index is 5.66. The highest BCUT2D eigenvalue weighted by Gasteiger charge is 2.30. The summed E-state index contributed by atoms with van der Waals surface area (Å²) in [6.45, 7) is 0.842. The minimum atomic E-state index is 0.747. The fourth-order valence-electron chi connectivity index (χ4n) is 2.04. The third-order valence-corrected chi connectivity index (χ3v) is 3.24. The van der Waals surface area contributed by atoms with Gasteiger partial charge >= 0.3 is 0 Å². The van der Waals surface area contributed by atoms with E-state index in [0.29, 0.717) is 0 Å². The standard InChI is InChI=1S/C10H17N3/c1-13-5-4-12-10(13)6-8-2-3-9(8)7-11/h4-5,8-9H,2-3,6-7,11H2,1H3. The first-order valence-electron chi connectivity index (χ1n) is 4.97. The second-order valence-corrected chi connectivity index (χ2v) is 3.99. The number of nitrogens with zero attached hydrogens (tertiary/aromatic N) is 2. The lowest BCUT2D eigenvalue weighted by molar-refractivity contribution is 0.179. The van der Waals surface area contributed by atoms with Gasteiger partial charge in [0.25, 0.3) is 0 Å². The van der Waals surface area contributed by atoms with Crippen molar-refractivity contribution in [3.8, 4) is 0 Å². The Morgan fingerprint density at radius 2 is 2.31 bits per heavy atom. The maximum atomic E-state index is 5.66. The summed E-state index contributed by atoms with van der Waals surface area (Å²) >= 11 is 0. The van der Waals surface area contributed by atoms with Gasteiger partial charge in [0.1, 0.15) is 5.82 Å². The Bertz CT molecular complexity index is 277. The zero-order chi connectivity index (χ0) is 9.26. The molecular weight excluding hydrogens is 162 g/mol. The van der Waals surface area contributed by atoms with Crippen LogP contribution in [-0.2, 0) is 13.5 Å². The molecule has 0 spiro atoms. The molecule has 1 aromatic rings. The van der Waals surface area contributed by atoms with Gasteiger partial charge < -0.3 is 10.3 Å². The summed E-state index contributed by atoms with van der Waals surface area (Å²) in [7, 11) is 2.05. The van der Waals surface area contributed by atoms with Gasteiger partial charge in [-0.05, 0) is 31.2 Å². The highest BCUT2D eigenvalue weighted by atomic mass is 15.0. The first kappa shape index (κ1) is 8.75. The third-order valence-electron chi connectivity index (χ3n) is 3.24. The zero-order valence-electron chi connectivity index (χ0n) is 8.11. The highest BCUT2D eigenvalue weighted by Crippen LogP contribution is 2.35. The molecule has 1 aliphatic rings. The SMILES string of the molecule is Cn1ccnc1CC1CCC1CN. The fraction of sp³-hybridized carbons (Fsp3) is 0.700. The van der Waals surface area contributed by atoms with Crippen molar-refractivity contribution in [3.05, 3.63) is 18.2 Å². The molecule has 1 saturated carbocycles. The van der Waals surface area contributed by atoms with Crippen LogP contribution in [0.5, 0.6) is 0 Å². The molecule has 2 N–H and O–H groups in total. The van der Waals surface area contributed by atoms with E-state index in [9.17, 15) is 0 Å². The first-order chi connectivity index (χ1) is 6.31. The van der Waals surface area contributed by atoms with Crippen molar-refractivity contribution >= 4 is 0 Å². The normalized spacial score (nSPS) is 27.2. The minimum absolute atomic E-state index is 0.747. The molecule has 0 amide bonds. The molecule has 3 nitrogen and oxygen atoms in total. The average molecular weight is 179 g/mol. The molecular formula is C10H17N3. The number of hydrogen-bond acceptors (Lipinski definition) is 2. The number of imidazole rings is 1. The molecule has 72 valence electrons. The first-order valence-corrected chi connectivity index (χ1v) is 4.97. The zero-order valence-corrected chi connectivity index (χ0v) is 8.11. The predicted molar refractivity (Wildman–Crippen MR) is 52.2 cm³/mol. The number of aryl methyl sites for hydroxylation is 1. The van der Waals surface area contributed by atoms with E-state index in [1.165, 1.54) is 18.7 Å². The molecule has 13 heavy (non-hydrogen) atoms. The Hall–Kier alpha value is -0.830. The van der Waals surface area contributed by atoms with E-state index in [1.807, 2.05) is 12.4 Å². The van der Waals surface area contributed by atoms with Crippen LogP contribution >= 0.6 is 0 Å². The molecule has 0 aromatic carbocycles. The predicted octanol–water partition coefficient (Wildman–Crippen LogP) is 0.948. The van der Waals surface area contributed by atoms with Crippen LogP contribution in [0, 0.1) is 11.8 Å². The van der Waals surface area contributed by atoms with Crippen molar-refractivity contribution < 1.29 is 0 Å². The summed E-state index contributed by atoms with van der Waals surface area (Å²) < 4.78 is 2.10. The molecule has 3 heteroatoms. The van der Waals surface area contributed by atoms with Crippen LogP contribution in [0.25, 0.3) is 0 Å². The van der Waals surface area contributed by atoms with Crippen LogP contribution in [0.1, 0.15) is 18.7 Å². The lowest BCUT2D eigenvalue weighted by Gasteiger charge is -2.35. The van der Waals surface area contributed by atoms with E-state index in [2.05, 4.69) is 16.6 Å². The molecule has 1 fully saturated rings. The van der Waals surface area contributed by atoms with Crippen molar-refractivity contribution in [2.75, 3.05) is 6.54 Å². The van der Waals surface area contributed by atoms with Crippen molar-refractivity contribution in [2.24, 2.45) is 24.6 Å². The Morgan fingerprint density at radius 3 is 2.77 bits per heavy atom. The minimum Gasteiger partial charge on any atom is -0.338 e. The Labute approximate surface area is 79.0 Å². The number of hydrogen-bond donors (Lipinski definition) is 1. The van der Waals surface area contributed by atoms with Crippen LogP contribution in [-0.4, -0.2) is 16.1 Å². The monoisotopic (exact) mass is 179 g/mol. The van der Waals surface area contributed by atoms with Crippen LogP contribution in [0.2, 0.25) is 0 Å². The van der Waals surface area contributed by atoms with E-state index >= 15 is 0 Å². The van der Waals surface area contributed by atoms with Gasteiger partial charge in [-0.2, -0.15) is 0 Å². The third kappa shape index (κ3) is 1.61. The molecule has 2 atom stereocenters. The van der Waals surface area contributed by atoms with E-state index in [1.54, 1.807) is 0 Å². The van der Waals surface area contributed by atoms with E-state index < -0.39 is 0 Å². The second kappa shape index (κ2) is 3.50. The summed E-state index contributed by atoms with van der Waals surface area (Å²) in [6, 6.07) is 0. The number of rotatable bonds is 3. The van der Waals surface area contributed by atoms with Gasteiger partial charge in [-0.25, -0.2) is 4.98 Å². The Morgan fingerprint density at radius 1 is 1.54 bits per heavy atom. The molecule has 2 unspecified atom stereocenters. The summed E-state index contributed by atoms with van der Waals surface area (Å²) in [6.07, 6.45) is 7.61. The van der Waals surface area contributed by atoms with Gasteiger partial charge in [-0.1, -0.05) is 0 Å². The molecule has 1 aromatic heterocycles. The van der Waals surface area contributed by atoms with Crippen molar-refractivity contribution in [1.29, 1.82) is 0 Å². The van der Waals surface area contributed by atoms with Crippen molar-refractivity contribution in [2.45, 2.75) is 19.3 Å². The lowest BCUT2D eigenvalue weighted by Crippen LogP contribution is -2.34. The lowest BCUT2D eigenvalue weighted by atomic mass is 9.72. The fourth-order valence-corrected chi connectivity index (χ4v) is 2.04. The smallest absolute Gasteiger partial charge is 0.108 e. The van der Waals surface area contributed by atoms with Gasteiger partial charge in [0.15, 0.2) is 0 Å². The van der Waals surface area contributed by atoms with Crippen LogP contribution in [0.15, 0.2) is 12.4 Å². The molecule has 0 saturated heterocycles. The topological polar surface area (TPSA) is 43.8 Å². The Kier molecular flexibility index (Phi) is 2.36. The summed E-state index contributed by atoms with van der Waals surface area (Å²) in [5.74, 6) is 2.73. The van der Waals surface area contributed by atoms with Gasteiger partial charge in [0.2, 0.25) is 0 Å².